The lowest BCUT2D eigenvalue weighted by atomic mass is 10.3. The maximum Gasteiger partial charge on any atom is 0.219 e. The standard InChI is InChI=1S/C12H15ClN4O/c1-8-6-9-12(15-7-8)17(5-3-10(14)18)11(16-9)2-4-13/h6-7H,2-5H2,1H3,(H2,14,18). The summed E-state index contributed by atoms with van der Waals surface area (Å²) < 4.78 is 1.92. The third-order valence-electron chi connectivity index (χ3n) is 2.70. The lowest BCUT2D eigenvalue weighted by molar-refractivity contribution is -0.118. The zero-order valence-corrected chi connectivity index (χ0v) is 10.9. The second-order valence-corrected chi connectivity index (χ2v) is 4.57. The number of halogens is 1. The van der Waals surface area contributed by atoms with Crippen LogP contribution in [0.4, 0.5) is 0 Å². The fourth-order valence-corrected chi connectivity index (χ4v) is 2.06. The van der Waals surface area contributed by atoms with Gasteiger partial charge in [0.15, 0.2) is 5.65 Å². The van der Waals surface area contributed by atoms with Gasteiger partial charge in [-0.2, -0.15) is 0 Å². The first-order valence-electron chi connectivity index (χ1n) is 5.78. The molecule has 2 heterocycles. The Labute approximate surface area is 110 Å². The number of primary amides is 1. The van der Waals surface area contributed by atoms with E-state index in [-0.39, 0.29) is 12.3 Å². The van der Waals surface area contributed by atoms with Crippen LogP contribution in [0.15, 0.2) is 12.3 Å². The van der Waals surface area contributed by atoms with E-state index >= 15 is 0 Å². The lowest BCUT2D eigenvalue weighted by Gasteiger charge is -2.06. The largest absolute Gasteiger partial charge is 0.370 e. The van der Waals surface area contributed by atoms with Crippen LogP contribution in [0.5, 0.6) is 0 Å². The smallest absolute Gasteiger partial charge is 0.219 e. The molecule has 0 aromatic carbocycles. The molecular formula is C12H15ClN4O. The molecule has 0 radical (unpaired) electrons. The molecule has 0 spiro atoms. The second-order valence-electron chi connectivity index (χ2n) is 4.19. The molecule has 6 heteroatoms. The molecule has 0 aliphatic rings. The van der Waals surface area contributed by atoms with Crippen molar-refractivity contribution in [2.24, 2.45) is 5.73 Å². The molecule has 2 rings (SSSR count). The number of amides is 1. The molecule has 2 N–H and O–H groups in total. The van der Waals surface area contributed by atoms with Crippen LogP contribution in [0, 0.1) is 6.92 Å². The molecule has 18 heavy (non-hydrogen) atoms. The van der Waals surface area contributed by atoms with Gasteiger partial charge in [-0.15, -0.1) is 11.6 Å². The Bertz CT molecular complexity index is 579. The molecule has 0 atom stereocenters. The number of hydrogen-bond acceptors (Lipinski definition) is 3. The molecule has 0 unspecified atom stereocenters. The molecule has 96 valence electrons. The first-order chi connectivity index (χ1) is 8.61. The summed E-state index contributed by atoms with van der Waals surface area (Å²) in [6.45, 7) is 2.46. The molecule has 5 nitrogen and oxygen atoms in total. The van der Waals surface area contributed by atoms with Gasteiger partial charge in [0.1, 0.15) is 11.3 Å². The number of rotatable bonds is 5. The summed E-state index contributed by atoms with van der Waals surface area (Å²) in [6, 6.07) is 1.97. The fraction of sp³-hybridized carbons (Fsp3) is 0.417. The van der Waals surface area contributed by atoms with Crippen molar-refractivity contribution >= 4 is 28.7 Å². The van der Waals surface area contributed by atoms with Crippen molar-refractivity contribution in [3.63, 3.8) is 0 Å². The quantitative estimate of drug-likeness (QED) is 0.831. The van der Waals surface area contributed by atoms with Crippen molar-refractivity contribution in [1.29, 1.82) is 0 Å². The predicted molar refractivity (Wildman–Crippen MR) is 70.5 cm³/mol. The van der Waals surface area contributed by atoms with Crippen molar-refractivity contribution in [3.05, 3.63) is 23.7 Å². The number of nitrogens with zero attached hydrogens (tertiary/aromatic N) is 3. The van der Waals surface area contributed by atoms with Gasteiger partial charge in [-0.1, -0.05) is 0 Å². The number of fused-ring (bicyclic) bond motifs is 1. The normalized spacial score (nSPS) is 11.0. The van der Waals surface area contributed by atoms with E-state index in [1.54, 1.807) is 6.20 Å². The molecular weight excluding hydrogens is 252 g/mol. The molecule has 0 bridgehead atoms. The summed E-state index contributed by atoms with van der Waals surface area (Å²) in [4.78, 5) is 19.8. The number of pyridine rings is 1. The van der Waals surface area contributed by atoms with Gasteiger partial charge >= 0.3 is 0 Å². The van der Waals surface area contributed by atoms with Crippen LogP contribution in [0.2, 0.25) is 0 Å². The highest BCUT2D eigenvalue weighted by Crippen LogP contribution is 2.16. The van der Waals surface area contributed by atoms with Gasteiger partial charge in [0.05, 0.1) is 0 Å². The third-order valence-corrected chi connectivity index (χ3v) is 2.89. The number of carbonyl (C=O) groups excluding carboxylic acids is 1. The van der Waals surface area contributed by atoms with E-state index in [4.69, 9.17) is 17.3 Å². The first-order valence-corrected chi connectivity index (χ1v) is 6.31. The van der Waals surface area contributed by atoms with Gasteiger partial charge in [0, 0.05) is 31.5 Å². The Balaban J connectivity index is 2.44. The molecule has 0 saturated carbocycles. The Morgan fingerprint density at radius 2 is 2.33 bits per heavy atom. The number of imidazole rings is 1. The van der Waals surface area contributed by atoms with Crippen LogP contribution < -0.4 is 5.73 Å². The van der Waals surface area contributed by atoms with Crippen molar-refractivity contribution in [2.75, 3.05) is 5.88 Å². The highest BCUT2D eigenvalue weighted by molar-refractivity contribution is 6.17. The summed E-state index contributed by atoms with van der Waals surface area (Å²) in [5.41, 5.74) is 7.85. The van der Waals surface area contributed by atoms with Gasteiger partial charge in [-0.05, 0) is 18.6 Å². The summed E-state index contributed by atoms with van der Waals surface area (Å²) in [6.07, 6.45) is 2.71. The van der Waals surface area contributed by atoms with Gasteiger partial charge < -0.3 is 10.3 Å². The Kier molecular flexibility index (Phi) is 3.81. The highest BCUT2D eigenvalue weighted by atomic mass is 35.5. The number of carbonyl (C=O) groups is 1. The lowest BCUT2D eigenvalue weighted by Crippen LogP contribution is -2.15. The number of aromatic nitrogens is 3. The number of aryl methyl sites for hydroxylation is 3. The summed E-state index contributed by atoms with van der Waals surface area (Å²) in [5, 5.41) is 0. The van der Waals surface area contributed by atoms with E-state index in [0.29, 0.717) is 18.8 Å². The maximum atomic E-state index is 10.9. The van der Waals surface area contributed by atoms with Gasteiger partial charge in [0.2, 0.25) is 5.91 Å². The molecule has 1 amide bonds. The van der Waals surface area contributed by atoms with Crippen LogP contribution in [0.3, 0.4) is 0 Å². The van der Waals surface area contributed by atoms with Crippen molar-refractivity contribution in [3.8, 4) is 0 Å². The molecule has 0 aliphatic heterocycles. The highest BCUT2D eigenvalue weighted by Gasteiger charge is 2.12. The second kappa shape index (κ2) is 5.35. The predicted octanol–water partition coefficient (Wildman–Crippen LogP) is 1.40. The Hall–Kier alpha value is -1.62. The minimum Gasteiger partial charge on any atom is -0.370 e. The minimum atomic E-state index is -0.333. The zero-order chi connectivity index (χ0) is 13.1. The molecule has 0 aliphatic carbocycles. The molecule has 2 aromatic heterocycles. The van der Waals surface area contributed by atoms with E-state index in [0.717, 1.165) is 22.6 Å². The monoisotopic (exact) mass is 266 g/mol. The number of hydrogen-bond donors (Lipinski definition) is 1. The molecule has 0 saturated heterocycles. The Morgan fingerprint density at radius 1 is 1.56 bits per heavy atom. The summed E-state index contributed by atoms with van der Waals surface area (Å²) >= 11 is 5.76. The van der Waals surface area contributed by atoms with Crippen molar-refractivity contribution < 1.29 is 4.79 Å². The Morgan fingerprint density at radius 3 is 3.00 bits per heavy atom. The van der Waals surface area contributed by atoms with Crippen molar-refractivity contribution in [1.82, 2.24) is 14.5 Å². The maximum absolute atomic E-state index is 10.9. The number of alkyl halides is 1. The topological polar surface area (TPSA) is 73.8 Å². The van der Waals surface area contributed by atoms with E-state index in [2.05, 4.69) is 9.97 Å². The number of nitrogens with two attached hydrogens (primary N) is 1. The summed E-state index contributed by atoms with van der Waals surface area (Å²) in [7, 11) is 0. The van der Waals surface area contributed by atoms with Gasteiger partial charge in [-0.25, -0.2) is 9.97 Å². The van der Waals surface area contributed by atoms with Crippen molar-refractivity contribution in [2.45, 2.75) is 26.3 Å². The van der Waals surface area contributed by atoms with Crippen LogP contribution in [0.25, 0.3) is 11.2 Å². The van der Waals surface area contributed by atoms with E-state index in [1.165, 1.54) is 0 Å². The van der Waals surface area contributed by atoms with Crippen LogP contribution in [-0.2, 0) is 17.8 Å². The van der Waals surface area contributed by atoms with Crippen LogP contribution in [0.1, 0.15) is 17.8 Å². The molecule has 0 fully saturated rings. The SMILES string of the molecule is Cc1cnc2c(c1)nc(CCCl)n2CCC(N)=O. The first kappa shape index (κ1) is 12.8. The fourth-order valence-electron chi connectivity index (χ4n) is 1.89. The van der Waals surface area contributed by atoms with Crippen LogP contribution in [-0.4, -0.2) is 26.3 Å². The average Bonchev–Trinajstić information content (AvgIpc) is 2.63. The zero-order valence-electron chi connectivity index (χ0n) is 10.2. The van der Waals surface area contributed by atoms with E-state index in [1.807, 2.05) is 17.6 Å². The van der Waals surface area contributed by atoms with Gasteiger partial charge in [-0.3, -0.25) is 4.79 Å². The van der Waals surface area contributed by atoms with Crippen LogP contribution >= 0.6 is 11.6 Å². The van der Waals surface area contributed by atoms with Gasteiger partial charge in [0.25, 0.3) is 0 Å². The molecule has 2 aromatic rings. The van der Waals surface area contributed by atoms with E-state index < -0.39 is 0 Å². The summed E-state index contributed by atoms with van der Waals surface area (Å²) in [5.74, 6) is 0.999. The van der Waals surface area contributed by atoms with E-state index in [9.17, 15) is 4.79 Å². The average molecular weight is 267 g/mol. The third kappa shape index (κ3) is 2.61. The minimum absolute atomic E-state index is 0.274.